The van der Waals surface area contributed by atoms with Crippen LogP contribution in [0.15, 0.2) is 97.1 Å². The van der Waals surface area contributed by atoms with E-state index in [9.17, 15) is 19.5 Å². The van der Waals surface area contributed by atoms with Gasteiger partial charge in [0, 0.05) is 10.9 Å². The maximum atomic E-state index is 13.5. The molecule has 1 aliphatic carbocycles. The number of aromatic carboxylic acids is 1. The van der Waals surface area contributed by atoms with Gasteiger partial charge in [-0.15, -0.1) is 0 Å². The van der Waals surface area contributed by atoms with E-state index in [0.717, 1.165) is 27.8 Å². The number of ether oxygens (including phenoxy) is 2. The molecule has 8 nitrogen and oxygen atoms in total. The fourth-order valence-corrected chi connectivity index (χ4v) is 5.25. The average Bonchev–Trinajstić information content (AvgIpc) is 3.32. The Balaban J connectivity index is 1.32. The number of carboxylic acid groups (broad SMARTS) is 1. The van der Waals surface area contributed by atoms with Crippen LogP contribution in [0.4, 0.5) is 10.5 Å². The molecule has 0 heterocycles. The zero-order chi connectivity index (χ0) is 29.6. The van der Waals surface area contributed by atoms with E-state index in [1.165, 1.54) is 18.2 Å². The number of alkyl carbamates (subject to hydrolysis) is 1. The van der Waals surface area contributed by atoms with Gasteiger partial charge in [-0.2, -0.15) is 0 Å². The molecule has 4 aromatic carbocycles. The largest absolute Gasteiger partial charge is 0.478 e. The number of fused-ring (bicyclic) bond motifs is 3. The molecule has 0 saturated carbocycles. The summed E-state index contributed by atoms with van der Waals surface area (Å²) in [6, 6.07) is 28.3. The van der Waals surface area contributed by atoms with Crippen molar-refractivity contribution < 1.29 is 29.0 Å². The smallest absolute Gasteiger partial charge is 0.407 e. The number of benzene rings is 4. The third-order valence-electron chi connectivity index (χ3n) is 7.19. The highest BCUT2D eigenvalue weighted by atomic mass is 35.5. The van der Waals surface area contributed by atoms with Crippen LogP contribution in [-0.4, -0.2) is 41.8 Å². The first-order valence-electron chi connectivity index (χ1n) is 13.4. The summed E-state index contributed by atoms with van der Waals surface area (Å²) in [6.45, 7) is 1.91. The molecule has 0 spiro atoms. The lowest BCUT2D eigenvalue weighted by Gasteiger charge is -2.25. The molecule has 2 unspecified atom stereocenters. The normalized spacial score (nSPS) is 13.4. The van der Waals surface area contributed by atoms with Crippen molar-refractivity contribution in [3.8, 4) is 11.1 Å². The fraction of sp³-hybridized carbons (Fsp3) is 0.182. The molecule has 2 amide bonds. The van der Waals surface area contributed by atoms with Crippen LogP contribution in [0, 0.1) is 0 Å². The average molecular weight is 585 g/mol. The molecule has 214 valence electrons. The first-order valence-corrected chi connectivity index (χ1v) is 13.8. The Morgan fingerprint density at radius 3 is 2.14 bits per heavy atom. The number of halogens is 1. The van der Waals surface area contributed by atoms with E-state index >= 15 is 0 Å². The van der Waals surface area contributed by atoms with Gasteiger partial charge in [-0.05, 0) is 52.9 Å². The topological polar surface area (TPSA) is 114 Å². The minimum Gasteiger partial charge on any atom is -0.478 e. The summed E-state index contributed by atoms with van der Waals surface area (Å²) >= 11 is 5.96. The molecule has 0 saturated heterocycles. The highest BCUT2D eigenvalue weighted by molar-refractivity contribution is 6.31. The summed E-state index contributed by atoms with van der Waals surface area (Å²) in [5.74, 6) is -2.09. The number of carbonyl (C=O) groups is 3. The highest BCUT2D eigenvalue weighted by Crippen LogP contribution is 2.44. The molecule has 0 aromatic heterocycles. The Kier molecular flexibility index (Phi) is 8.85. The van der Waals surface area contributed by atoms with Crippen molar-refractivity contribution in [3.05, 3.63) is 124 Å². The molecule has 0 bridgehead atoms. The molecule has 42 heavy (non-hydrogen) atoms. The zero-order valence-corrected chi connectivity index (χ0v) is 23.5. The Morgan fingerprint density at radius 1 is 0.881 bits per heavy atom. The molecule has 2 atom stereocenters. The second-order valence-corrected chi connectivity index (χ2v) is 10.4. The standard InChI is InChI=1S/C33H29ClN2O6/c1-20(41-18-21-9-3-2-4-10-21)30(31(37)35-29-16-15-22(34)17-27(29)32(38)39)36-33(40)42-19-28-25-13-7-5-11-23(25)24-12-6-8-14-26(24)28/h2-17,20,28,30H,18-19H2,1H3,(H,35,37)(H,36,40)(H,38,39). The third-order valence-corrected chi connectivity index (χ3v) is 7.43. The van der Waals surface area contributed by atoms with Gasteiger partial charge in [-0.25, -0.2) is 9.59 Å². The molecule has 0 aliphatic heterocycles. The van der Waals surface area contributed by atoms with Crippen molar-refractivity contribution in [2.24, 2.45) is 0 Å². The third kappa shape index (κ3) is 6.46. The predicted molar refractivity (Wildman–Crippen MR) is 160 cm³/mol. The Bertz CT molecular complexity index is 1560. The molecule has 0 fully saturated rings. The van der Waals surface area contributed by atoms with Gasteiger partial charge in [0.25, 0.3) is 0 Å². The fourth-order valence-electron chi connectivity index (χ4n) is 5.07. The minimum absolute atomic E-state index is 0.0338. The molecular weight excluding hydrogens is 556 g/mol. The Labute approximate surface area is 248 Å². The molecular formula is C33H29ClN2O6. The van der Waals surface area contributed by atoms with Crippen LogP contribution in [-0.2, 0) is 20.9 Å². The van der Waals surface area contributed by atoms with Gasteiger partial charge >= 0.3 is 12.1 Å². The number of hydrogen-bond donors (Lipinski definition) is 3. The van der Waals surface area contributed by atoms with Crippen LogP contribution in [0.2, 0.25) is 5.02 Å². The summed E-state index contributed by atoms with van der Waals surface area (Å²) in [5, 5.41) is 15.0. The SMILES string of the molecule is CC(OCc1ccccc1)C(NC(=O)OCC1c2ccccc2-c2ccccc21)C(=O)Nc1ccc(Cl)cc1C(=O)O. The Hall–Kier alpha value is -4.66. The van der Waals surface area contributed by atoms with Crippen molar-refractivity contribution in [2.45, 2.75) is 31.6 Å². The molecule has 3 N–H and O–H groups in total. The van der Waals surface area contributed by atoms with Gasteiger partial charge < -0.3 is 25.2 Å². The van der Waals surface area contributed by atoms with E-state index in [-0.39, 0.29) is 35.4 Å². The van der Waals surface area contributed by atoms with E-state index in [4.69, 9.17) is 21.1 Å². The maximum absolute atomic E-state index is 13.5. The zero-order valence-electron chi connectivity index (χ0n) is 22.8. The molecule has 0 radical (unpaired) electrons. The second-order valence-electron chi connectivity index (χ2n) is 9.93. The highest BCUT2D eigenvalue weighted by Gasteiger charge is 2.32. The first kappa shape index (κ1) is 28.9. The van der Waals surface area contributed by atoms with Crippen molar-refractivity contribution in [3.63, 3.8) is 0 Å². The van der Waals surface area contributed by atoms with Crippen molar-refractivity contribution in [1.29, 1.82) is 0 Å². The van der Waals surface area contributed by atoms with E-state index < -0.39 is 30.1 Å². The lowest BCUT2D eigenvalue weighted by Crippen LogP contribution is -2.51. The Morgan fingerprint density at radius 2 is 1.50 bits per heavy atom. The first-order chi connectivity index (χ1) is 20.3. The number of carboxylic acids is 1. The van der Waals surface area contributed by atoms with E-state index in [1.807, 2.05) is 78.9 Å². The summed E-state index contributed by atoms with van der Waals surface area (Å²) in [4.78, 5) is 38.3. The van der Waals surface area contributed by atoms with Crippen molar-refractivity contribution in [1.82, 2.24) is 5.32 Å². The van der Waals surface area contributed by atoms with Gasteiger partial charge in [0.2, 0.25) is 5.91 Å². The van der Waals surface area contributed by atoms with Gasteiger partial charge in [0.15, 0.2) is 0 Å². The number of carbonyl (C=O) groups excluding carboxylic acids is 2. The van der Waals surface area contributed by atoms with Crippen LogP contribution in [0.1, 0.15) is 39.9 Å². The summed E-state index contributed by atoms with van der Waals surface area (Å²) in [5.41, 5.74) is 5.04. The minimum atomic E-state index is -1.26. The molecule has 4 aromatic rings. The molecule has 9 heteroatoms. The quantitative estimate of drug-likeness (QED) is 0.196. The number of amides is 2. The van der Waals surface area contributed by atoms with Gasteiger partial charge in [0.05, 0.1) is 24.0 Å². The van der Waals surface area contributed by atoms with Gasteiger partial charge in [-0.3, -0.25) is 4.79 Å². The number of rotatable bonds is 10. The molecule has 5 rings (SSSR count). The molecule has 1 aliphatic rings. The maximum Gasteiger partial charge on any atom is 0.407 e. The van der Waals surface area contributed by atoms with Crippen LogP contribution >= 0.6 is 11.6 Å². The van der Waals surface area contributed by atoms with Crippen LogP contribution in [0.5, 0.6) is 0 Å². The van der Waals surface area contributed by atoms with E-state index in [1.54, 1.807) is 6.92 Å². The van der Waals surface area contributed by atoms with E-state index in [2.05, 4.69) is 10.6 Å². The summed E-state index contributed by atoms with van der Waals surface area (Å²) in [6.07, 6.45) is -1.60. The van der Waals surface area contributed by atoms with Gasteiger partial charge in [-0.1, -0.05) is 90.5 Å². The predicted octanol–water partition coefficient (Wildman–Crippen LogP) is 6.49. The number of hydrogen-bond acceptors (Lipinski definition) is 5. The summed E-state index contributed by atoms with van der Waals surface area (Å²) in [7, 11) is 0. The van der Waals surface area contributed by atoms with Crippen molar-refractivity contribution >= 4 is 35.3 Å². The lowest BCUT2D eigenvalue weighted by atomic mass is 9.98. The van der Waals surface area contributed by atoms with Gasteiger partial charge in [0.1, 0.15) is 12.6 Å². The second kappa shape index (κ2) is 12.9. The van der Waals surface area contributed by atoms with Crippen LogP contribution in [0.25, 0.3) is 11.1 Å². The van der Waals surface area contributed by atoms with Crippen LogP contribution in [0.3, 0.4) is 0 Å². The summed E-state index contributed by atoms with van der Waals surface area (Å²) < 4.78 is 11.6. The van der Waals surface area contributed by atoms with Crippen molar-refractivity contribution in [2.75, 3.05) is 11.9 Å². The van der Waals surface area contributed by atoms with E-state index in [0.29, 0.717) is 0 Å². The lowest BCUT2D eigenvalue weighted by molar-refractivity contribution is -0.121. The number of anilines is 1. The monoisotopic (exact) mass is 584 g/mol. The van der Waals surface area contributed by atoms with Crippen LogP contribution < -0.4 is 10.6 Å². The number of nitrogens with one attached hydrogen (secondary N) is 2.